The predicted octanol–water partition coefficient (Wildman–Crippen LogP) is 6.21. The highest BCUT2D eigenvalue weighted by Gasteiger charge is 2.22. The van der Waals surface area contributed by atoms with Gasteiger partial charge in [-0.25, -0.2) is 0 Å². The highest BCUT2D eigenvalue weighted by molar-refractivity contribution is 5.98. The zero-order chi connectivity index (χ0) is 27.5. The van der Waals surface area contributed by atoms with E-state index in [2.05, 4.69) is 10.1 Å². The molecule has 0 radical (unpaired) electrons. The maximum atomic E-state index is 13.2. The third-order valence-corrected chi connectivity index (χ3v) is 5.71. The van der Waals surface area contributed by atoms with Crippen molar-refractivity contribution in [1.29, 1.82) is 0 Å². The van der Waals surface area contributed by atoms with E-state index >= 15 is 0 Å². The van der Waals surface area contributed by atoms with Crippen LogP contribution in [0.15, 0.2) is 109 Å². The molecule has 4 aromatic carbocycles. The van der Waals surface area contributed by atoms with Crippen LogP contribution in [0.4, 0.5) is 8.78 Å². The number of ether oxygens (including phenoxy) is 3. The van der Waals surface area contributed by atoms with Gasteiger partial charge < -0.3 is 19.5 Å². The number of Topliss-reactive ketones (excluding diaryl/α,β-unsaturated/α-hetero) is 1. The van der Waals surface area contributed by atoms with Gasteiger partial charge >= 0.3 is 6.61 Å². The molecule has 1 atom stereocenters. The summed E-state index contributed by atoms with van der Waals surface area (Å²) in [5.41, 5.74) is 1.87. The number of ketones is 1. The zero-order valence-electron chi connectivity index (χ0n) is 21.0. The number of nitrogens with one attached hydrogen (secondary N) is 1. The fraction of sp³-hybridized carbons (Fsp3) is 0.161. The van der Waals surface area contributed by atoms with Crippen LogP contribution >= 0.6 is 0 Å². The average Bonchev–Trinajstić information content (AvgIpc) is 2.94. The van der Waals surface area contributed by atoms with E-state index in [-0.39, 0.29) is 36.7 Å². The van der Waals surface area contributed by atoms with Gasteiger partial charge in [0.15, 0.2) is 5.78 Å². The third kappa shape index (κ3) is 8.76. The lowest BCUT2D eigenvalue weighted by molar-refractivity contribution is -0.121. The Morgan fingerprint density at radius 2 is 1.28 bits per heavy atom. The molecule has 0 saturated heterocycles. The summed E-state index contributed by atoms with van der Waals surface area (Å²) in [5.74, 6) is 0.485. The Balaban J connectivity index is 1.40. The van der Waals surface area contributed by atoms with Gasteiger partial charge in [0.2, 0.25) is 0 Å². The van der Waals surface area contributed by atoms with E-state index in [9.17, 15) is 18.4 Å². The van der Waals surface area contributed by atoms with Crippen LogP contribution in [0.1, 0.15) is 21.5 Å². The van der Waals surface area contributed by atoms with Gasteiger partial charge in [0, 0.05) is 12.0 Å². The Bertz CT molecular complexity index is 1330. The van der Waals surface area contributed by atoms with Crippen molar-refractivity contribution in [2.24, 2.45) is 0 Å². The quantitative estimate of drug-likeness (QED) is 0.222. The number of para-hydroxylation sites is 1. The summed E-state index contributed by atoms with van der Waals surface area (Å²) >= 11 is 0. The zero-order valence-corrected chi connectivity index (χ0v) is 21.0. The van der Waals surface area contributed by atoms with Crippen molar-refractivity contribution in [3.8, 4) is 17.2 Å². The molecule has 39 heavy (non-hydrogen) atoms. The number of amides is 1. The minimum Gasteiger partial charge on any atom is -0.457 e. The number of rotatable bonds is 13. The number of carbonyl (C=O) groups is 2. The first-order valence-corrected chi connectivity index (χ1v) is 12.3. The molecule has 0 spiro atoms. The summed E-state index contributed by atoms with van der Waals surface area (Å²) < 4.78 is 40.7. The standard InChI is InChI=1S/C31H27F2NO5/c32-31(33)39-27-17-13-24(14-18-27)30(36)34-28(21-37-20-23-7-3-1-4-8-23)29(35)19-22-11-15-26(16-12-22)38-25-9-5-2-6-10-25/h1-18,28,31H,19-21H2,(H,34,36). The van der Waals surface area contributed by atoms with Crippen LogP contribution in [0.5, 0.6) is 17.2 Å². The lowest BCUT2D eigenvalue weighted by atomic mass is 10.0. The number of hydrogen-bond acceptors (Lipinski definition) is 5. The van der Waals surface area contributed by atoms with E-state index in [1.54, 1.807) is 24.3 Å². The summed E-state index contributed by atoms with van der Waals surface area (Å²) in [7, 11) is 0. The first-order valence-electron chi connectivity index (χ1n) is 12.3. The van der Waals surface area contributed by atoms with Crippen molar-refractivity contribution in [3.05, 3.63) is 126 Å². The van der Waals surface area contributed by atoms with Gasteiger partial charge in [0.05, 0.1) is 13.2 Å². The molecule has 0 aromatic heterocycles. The molecule has 4 aromatic rings. The molecule has 0 heterocycles. The first kappa shape index (κ1) is 27.5. The summed E-state index contributed by atoms with van der Waals surface area (Å²) in [6.45, 7) is -2.74. The Labute approximate surface area is 225 Å². The van der Waals surface area contributed by atoms with E-state index in [4.69, 9.17) is 9.47 Å². The number of halogens is 2. The van der Waals surface area contributed by atoms with Crippen LogP contribution in [-0.2, 0) is 22.6 Å². The monoisotopic (exact) mass is 531 g/mol. The van der Waals surface area contributed by atoms with E-state index in [0.29, 0.717) is 11.5 Å². The minimum absolute atomic E-state index is 0.0404. The van der Waals surface area contributed by atoms with Crippen molar-refractivity contribution in [3.63, 3.8) is 0 Å². The molecule has 0 aliphatic rings. The maximum Gasteiger partial charge on any atom is 0.387 e. The Morgan fingerprint density at radius 1 is 0.692 bits per heavy atom. The second-order valence-electron chi connectivity index (χ2n) is 8.63. The Kier molecular flexibility index (Phi) is 9.74. The molecular formula is C31H27F2NO5. The molecule has 0 aliphatic carbocycles. The third-order valence-electron chi connectivity index (χ3n) is 5.71. The molecule has 0 aliphatic heterocycles. The molecule has 1 unspecified atom stereocenters. The van der Waals surface area contributed by atoms with Crippen LogP contribution in [-0.4, -0.2) is 31.0 Å². The minimum atomic E-state index is -2.97. The normalized spacial score (nSPS) is 11.6. The molecule has 0 bridgehead atoms. The van der Waals surface area contributed by atoms with Gasteiger partial charge in [-0.3, -0.25) is 9.59 Å². The molecule has 1 amide bonds. The SMILES string of the molecule is O=C(NC(COCc1ccccc1)C(=O)Cc1ccc(Oc2ccccc2)cc1)c1ccc(OC(F)F)cc1. The second-order valence-corrected chi connectivity index (χ2v) is 8.63. The molecular weight excluding hydrogens is 504 g/mol. The van der Waals surface area contributed by atoms with Crippen molar-refractivity contribution in [2.45, 2.75) is 25.7 Å². The highest BCUT2D eigenvalue weighted by Crippen LogP contribution is 2.21. The van der Waals surface area contributed by atoms with E-state index in [0.717, 1.165) is 11.1 Å². The van der Waals surface area contributed by atoms with Gasteiger partial charge in [-0.2, -0.15) is 8.78 Å². The van der Waals surface area contributed by atoms with Crippen LogP contribution in [0.2, 0.25) is 0 Å². The highest BCUT2D eigenvalue weighted by atomic mass is 19.3. The molecule has 1 N–H and O–H groups in total. The summed E-state index contributed by atoms with van der Waals surface area (Å²) in [6, 6.07) is 30.3. The fourth-order valence-electron chi connectivity index (χ4n) is 3.74. The van der Waals surface area contributed by atoms with Gasteiger partial charge in [-0.1, -0.05) is 60.7 Å². The average molecular weight is 532 g/mol. The molecule has 8 heteroatoms. The largest absolute Gasteiger partial charge is 0.457 e. The topological polar surface area (TPSA) is 73.9 Å². The summed E-state index contributed by atoms with van der Waals surface area (Å²) in [4.78, 5) is 26.1. The fourth-order valence-corrected chi connectivity index (χ4v) is 3.74. The van der Waals surface area contributed by atoms with Crippen molar-refractivity contribution in [2.75, 3.05) is 6.61 Å². The molecule has 200 valence electrons. The van der Waals surface area contributed by atoms with Gasteiger partial charge in [-0.05, 0) is 59.7 Å². The van der Waals surface area contributed by atoms with Crippen LogP contribution in [0.25, 0.3) is 0 Å². The van der Waals surface area contributed by atoms with Gasteiger partial charge in [0.25, 0.3) is 5.91 Å². The molecule has 0 saturated carbocycles. The number of hydrogen-bond donors (Lipinski definition) is 1. The van der Waals surface area contributed by atoms with Crippen molar-refractivity contribution < 1.29 is 32.6 Å². The predicted molar refractivity (Wildman–Crippen MR) is 142 cm³/mol. The first-order chi connectivity index (χ1) is 19.0. The van der Waals surface area contributed by atoms with E-state index in [1.807, 2.05) is 60.7 Å². The number of carbonyl (C=O) groups excluding carboxylic acids is 2. The maximum absolute atomic E-state index is 13.2. The molecule has 4 rings (SSSR count). The van der Waals surface area contributed by atoms with E-state index < -0.39 is 18.6 Å². The lowest BCUT2D eigenvalue weighted by Gasteiger charge is -2.18. The van der Waals surface area contributed by atoms with Crippen LogP contribution < -0.4 is 14.8 Å². The van der Waals surface area contributed by atoms with Gasteiger partial charge in [0.1, 0.15) is 23.3 Å². The van der Waals surface area contributed by atoms with E-state index in [1.165, 1.54) is 24.3 Å². The summed E-state index contributed by atoms with van der Waals surface area (Å²) in [5, 5.41) is 2.72. The number of alkyl halides is 2. The van der Waals surface area contributed by atoms with Crippen LogP contribution in [0.3, 0.4) is 0 Å². The molecule has 0 fully saturated rings. The van der Waals surface area contributed by atoms with Gasteiger partial charge in [-0.15, -0.1) is 0 Å². The lowest BCUT2D eigenvalue weighted by Crippen LogP contribution is -2.44. The number of benzene rings is 4. The van der Waals surface area contributed by atoms with Crippen molar-refractivity contribution in [1.82, 2.24) is 5.32 Å². The Hall–Kier alpha value is -4.56. The second kappa shape index (κ2) is 13.8. The van der Waals surface area contributed by atoms with Crippen molar-refractivity contribution >= 4 is 11.7 Å². The molecule has 6 nitrogen and oxygen atoms in total. The smallest absolute Gasteiger partial charge is 0.387 e. The Morgan fingerprint density at radius 3 is 1.92 bits per heavy atom. The van der Waals surface area contributed by atoms with Crippen LogP contribution in [0, 0.1) is 0 Å². The summed E-state index contributed by atoms with van der Waals surface area (Å²) in [6.07, 6.45) is 0.0619.